The number of aromatic nitrogens is 4. The zero-order valence-electron chi connectivity index (χ0n) is 20.6. The van der Waals surface area contributed by atoms with Gasteiger partial charge in [-0.15, -0.1) is 11.3 Å². The summed E-state index contributed by atoms with van der Waals surface area (Å²) in [6.07, 6.45) is 9.34. The minimum absolute atomic E-state index is 0.0471. The summed E-state index contributed by atoms with van der Waals surface area (Å²) >= 11 is 1.86. The van der Waals surface area contributed by atoms with Gasteiger partial charge >= 0.3 is 0 Å². The van der Waals surface area contributed by atoms with Crippen molar-refractivity contribution in [1.82, 2.24) is 35.1 Å². The average molecular weight is 504 g/mol. The molecule has 5 rings (SSSR count). The van der Waals surface area contributed by atoms with Gasteiger partial charge < -0.3 is 20.2 Å². The van der Waals surface area contributed by atoms with Gasteiger partial charge in [-0.25, -0.2) is 9.97 Å². The smallest absolute Gasteiger partial charge is 0.254 e. The number of aromatic amines is 2. The van der Waals surface area contributed by atoms with Crippen molar-refractivity contribution in [3.63, 3.8) is 0 Å². The quantitative estimate of drug-likeness (QED) is 0.303. The van der Waals surface area contributed by atoms with Crippen LogP contribution < -0.4 is 5.32 Å². The Labute approximate surface area is 215 Å². The molecular weight excluding hydrogens is 470 g/mol. The van der Waals surface area contributed by atoms with Gasteiger partial charge in [-0.2, -0.15) is 0 Å². The second kappa shape index (κ2) is 11.6. The third kappa shape index (κ3) is 6.29. The summed E-state index contributed by atoms with van der Waals surface area (Å²) < 4.78 is 0. The highest BCUT2D eigenvalue weighted by molar-refractivity contribution is 7.10. The molecule has 0 unspecified atom stereocenters. The Balaban J connectivity index is 1.16. The summed E-state index contributed by atoms with van der Waals surface area (Å²) in [6, 6.07) is 10.6. The van der Waals surface area contributed by atoms with Crippen molar-refractivity contribution in [3.8, 4) is 0 Å². The first-order chi connectivity index (χ1) is 17.6. The minimum Gasteiger partial charge on any atom is -0.347 e. The Morgan fingerprint density at radius 2 is 1.83 bits per heavy atom. The van der Waals surface area contributed by atoms with Crippen LogP contribution in [0, 0.1) is 6.92 Å². The number of hydrogen-bond donors (Lipinski definition) is 3. The van der Waals surface area contributed by atoms with Crippen LogP contribution in [0.4, 0.5) is 0 Å². The summed E-state index contributed by atoms with van der Waals surface area (Å²) in [5.74, 6) is 1.44. The van der Waals surface area contributed by atoms with Crippen LogP contribution in [0.3, 0.4) is 0 Å². The number of piperidine rings is 1. The molecule has 1 atom stereocenters. The van der Waals surface area contributed by atoms with Gasteiger partial charge in [0.05, 0.1) is 13.1 Å². The van der Waals surface area contributed by atoms with E-state index in [1.54, 1.807) is 29.7 Å². The fourth-order valence-electron chi connectivity index (χ4n) is 4.67. The Kier molecular flexibility index (Phi) is 7.90. The SMILES string of the molecule is Cc1ccsc1CN1CCC[C@H](NCc2ccc(C(=O)N(Cc3ncc[nH]3)Cc3ncc[nH]3)cc2)C1. The minimum atomic E-state index is -0.0471. The van der Waals surface area contributed by atoms with Crippen molar-refractivity contribution in [2.24, 2.45) is 0 Å². The number of likely N-dealkylation sites (tertiary alicyclic amines) is 1. The number of hydrogen-bond acceptors (Lipinski definition) is 6. The van der Waals surface area contributed by atoms with Crippen molar-refractivity contribution in [2.45, 2.75) is 52.0 Å². The maximum Gasteiger partial charge on any atom is 0.254 e. The van der Waals surface area contributed by atoms with E-state index in [2.05, 4.69) is 48.5 Å². The zero-order valence-corrected chi connectivity index (χ0v) is 21.4. The van der Waals surface area contributed by atoms with Crippen molar-refractivity contribution in [1.29, 1.82) is 0 Å². The van der Waals surface area contributed by atoms with Gasteiger partial charge in [-0.3, -0.25) is 9.69 Å². The topological polar surface area (TPSA) is 92.9 Å². The second-order valence-electron chi connectivity index (χ2n) is 9.41. The van der Waals surface area contributed by atoms with Crippen LogP contribution in [0.15, 0.2) is 60.5 Å². The Bertz CT molecular complexity index is 1180. The third-order valence-corrected chi connectivity index (χ3v) is 7.72. The first-order valence-corrected chi connectivity index (χ1v) is 13.4. The number of imidazole rings is 2. The number of thiophene rings is 1. The van der Waals surface area contributed by atoms with Crippen LogP contribution in [0.2, 0.25) is 0 Å². The first-order valence-electron chi connectivity index (χ1n) is 12.5. The van der Waals surface area contributed by atoms with Crippen LogP contribution in [-0.4, -0.2) is 54.8 Å². The predicted molar refractivity (Wildman–Crippen MR) is 141 cm³/mol. The Morgan fingerprint density at radius 3 is 2.44 bits per heavy atom. The Morgan fingerprint density at radius 1 is 1.11 bits per heavy atom. The molecule has 8 nitrogen and oxygen atoms in total. The molecule has 1 fully saturated rings. The Hall–Kier alpha value is -3.27. The molecule has 1 amide bonds. The van der Waals surface area contributed by atoms with E-state index in [0.717, 1.165) is 31.3 Å². The van der Waals surface area contributed by atoms with Crippen LogP contribution in [0.25, 0.3) is 0 Å². The number of rotatable bonds is 10. The van der Waals surface area contributed by atoms with Gasteiger partial charge in [0.2, 0.25) is 0 Å². The lowest BCUT2D eigenvalue weighted by molar-refractivity contribution is 0.0721. The summed E-state index contributed by atoms with van der Waals surface area (Å²) in [4.78, 5) is 33.8. The van der Waals surface area contributed by atoms with Gasteiger partial charge in [0, 0.05) is 60.9 Å². The molecular formula is C27H33N7OS. The number of amides is 1. The van der Waals surface area contributed by atoms with Gasteiger partial charge in [0.25, 0.3) is 5.91 Å². The maximum absolute atomic E-state index is 13.3. The van der Waals surface area contributed by atoms with Crippen molar-refractivity contribution in [2.75, 3.05) is 13.1 Å². The lowest BCUT2D eigenvalue weighted by atomic mass is 10.0. The monoisotopic (exact) mass is 503 g/mol. The number of nitrogens with zero attached hydrogens (tertiary/aromatic N) is 4. The highest BCUT2D eigenvalue weighted by Gasteiger charge is 2.21. The van der Waals surface area contributed by atoms with Crippen LogP contribution >= 0.6 is 11.3 Å². The molecule has 1 aliphatic heterocycles. The molecule has 0 radical (unpaired) electrons. The molecule has 3 aromatic heterocycles. The second-order valence-corrected chi connectivity index (χ2v) is 10.4. The molecule has 0 saturated carbocycles. The zero-order chi connectivity index (χ0) is 24.7. The van der Waals surface area contributed by atoms with E-state index in [-0.39, 0.29) is 5.91 Å². The molecule has 0 aliphatic carbocycles. The molecule has 0 spiro atoms. The number of carbonyl (C=O) groups is 1. The molecule has 36 heavy (non-hydrogen) atoms. The molecule has 9 heteroatoms. The lowest BCUT2D eigenvalue weighted by Crippen LogP contribution is -2.44. The summed E-state index contributed by atoms with van der Waals surface area (Å²) in [5, 5.41) is 5.92. The number of nitrogens with one attached hydrogen (secondary N) is 3. The largest absolute Gasteiger partial charge is 0.347 e. The molecule has 188 valence electrons. The van der Waals surface area contributed by atoms with Crippen molar-refractivity contribution >= 4 is 17.2 Å². The summed E-state index contributed by atoms with van der Waals surface area (Å²) in [7, 11) is 0. The fourth-order valence-corrected chi connectivity index (χ4v) is 5.62. The first kappa shape index (κ1) is 24.4. The highest BCUT2D eigenvalue weighted by Crippen LogP contribution is 2.21. The van der Waals surface area contributed by atoms with Crippen LogP contribution in [0.1, 0.15) is 50.9 Å². The summed E-state index contributed by atoms with van der Waals surface area (Å²) in [5.41, 5.74) is 3.24. The molecule has 4 aromatic rings. The number of aryl methyl sites for hydroxylation is 1. The molecule has 1 aromatic carbocycles. The van der Waals surface area contributed by atoms with Gasteiger partial charge in [-0.05, 0) is 61.0 Å². The predicted octanol–water partition coefficient (Wildman–Crippen LogP) is 4.10. The number of benzene rings is 1. The van der Waals surface area contributed by atoms with E-state index in [1.165, 1.54) is 35.4 Å². The summed E-state index contributed by atoms with van der Waals surface area (Å²) in [6.45, 7) is 7.06. The van der Waals surface area contributed by atoms with Gasteiger partial charge in [0.1, 0.15) is 11.6 Å². The maximum atomic E-state index is 13.3. The van der Waals surface area contributed by atoms with E-state index in [4.69, 9.17) is 0 Å². The van der Waals surface area contributed by atoms with Crippen molar-refractivity contribution in [3.05, 3.63) is 93.7 Å². The van der Waals surface area contributed by atoms with E-state index in [1.807, 2.05) is 35.6 Å². The molecule has 0 bridgehead atoms. The lowest BCUT2D eigenvalue weighted by Gasteiger charge is -2.33. The van der Waals surface area contributed by atoms with E-state index in [0.29, 0.717) is 24.7 Å². The van der Waals surface area contributed by atoms with E-state index < -0.39 is 0 Å². The van der Waals surface area contributed by atoms with E-state index >= 15 is 0 Å². The molecule has 4 heterocycles. The third-order valence-electron chi connectivity index (χ3n) is 6.71. The average Bonchev–Trinajstić information content (AvgIpc) is 3.68. The van der Waals surface area contributed by atoms with Crippen LogP contribution in [-0.2, 0) is 26.2 Å². The standard InChI is InChI=1S/C27H33N7OS/c1-20-8-14-36-24(20)17-33-13-2-3-23(16-33)32-15-21-4-6-22(7-5-21)27(35)34(18-25-28-9-10-29-25)19-26-30-11-12-31-26/h4-12,14,23,32H,2-3,13,15-19H2,1H3,(H,28,29)(H,30,31)/t23-/m0/s1. The molecule has 3 N–H and O–H groups in total. The number of carbonyl (C=O) groups excluding carboxylic acids is 1. The van der Waals surface area contributed by atoms with Gasteiger partial charge in [-0.1, -0.05) is 12.1 Å². The normalized spacial score (nSPS) is 16.3. The van der Waals surface area contributed by atoms with E-state index in [9.17, 15) is 4.79 Å². The molecule has 1 aliphatic rings. The highest BCUT2D eigenvalue weighted by atomic mass is 32.1. The van der Waals surface area contributed by atoms with Crippen molar-refractivity contribution < 1.29 is 4.79 Å². The fraction of sp³-hybridized carbons (Fsp3) is 0.370. The van der Waals surface area contributed by atoms with Crippen LogP contribution in [0.5, 0.6) is 0 Å². The van der Waals surface area contributed by atoms with Gasteiger partial charge in [0.15, 0.2) is 0 Å². The number of H-pyrrole nitrogens is 2. The molecule has 1 saturated heterocycles.